The zero-order chi connectivity index (χ0) is 22.8. The first-order chi connectivity index (χ1) is 15.6. The third-order valence-corrected chi connectivity index (χ3v) is 5.20. The molecule has 0 saturated heterocycles. The number of nitrogens with zero attached hydrogens (tertiary/aromatic N) is 1. The van der Waals surface area contributed by atoms with Gasteiger partial charge < -0.3 is 24.6 Å². The number of hydrogen-bond acceptors (Lipinski definition) is 6. The van der Waals surface area contributed by atoms with Crippen LogP contribution < -0.4 is 14.8 Å². The molecule has 1 amide bonds. The predicted molar refractivity (Wildman–Crippen MR) is 123 cm³/mol. The number of amides is 1. The summed E-state index contributed by atoms with van der Waals surface area (Å²) in [6, 6.07) is 15.1. The maximum Gasteiger partial charge on any atom is 0.251 e. The molecule has 0 saturated carbocycles. The Morgan fingerprint density at radius 1 is 1.22 bits per heavy atom. The number of benzene rings is 2. The second-order valence-electron chi connectivity index (χ2n) is 7.53. The van der Waals surface area contributed by atoms with Gasteiger partial charge in [-0.25, -0.2) is 4.99 Å². The van der Waals surface area contributed by atoms with Crippen molar-refractivity contribution < 1.29 is 24.1 Å². The normalized spacial score (nSPS) is 17.2. The fraction of sp³-hybridized carbons (Fsp3) is 0.360. The van der Waals surface area contributed by atoms with Crippen LogP contribution >= 0.6 is 0 Å². The molecule has 1 atom stereocenters. The number of nitrogens with one attached hydrogen (secondary N) is 1. The van der Waals surface area contributed by atoms with Crippen LogP contribution in [0.25, 0.3) is 0 Å². The van der Waals surface area contributed by atoms with E-state index in [4.69, 9.17) is 19.3 Å². The quantitative estimate of drug-likeness (QED) is 0.393. The summed E-state index contributed by atoms with van der Waals surface area (Å²) in [5, 5.41) is 11.8. The molecule has 0 fully saturated rings. The molecule has 0 bridgehead atoms. The van der Waals surface area contributed by atoms with Crippen molar-refractivity contribution >= 4 is 11.8 Å². The highest BCUT2D eigenvalue weighted by Crippen LogP contribution is 2.27. The van der Waals surface area contributed by atoms with Crippen molar-refractivity contribution in [1.82, 2.24) is 5.32 Å². The molecule has 0 aliphatic carbocycles. The summed E-state index contributed by atoms with van der Waals surface area (Å²) < 4.78 is 16.5. The van der Waals surface area contributed by atoms with Crippen LogP contribution in [-0.2, 0) is 16.0 Å². The van der Waals surface area contributed by atoms with Crippen LogP contribution in [0.15, 0.2) is 66.2 Å². The Balaban J connectivity index is 1.62. The van der Waals surface area contributed by atoms with Gasteiger partial charge in [0.05, 0.1) is 13.7 Å². The van der Waals surface area contributed by atoms with Gasteiger partial charge in [-0.05, 0) is 48.4 Å². The monoisotopic (exact) mass is 438 g/mol. The highest BCUT2D eigenvalue weighted by atomic mass is 16.5. The SMILES string of the molecule is C=CC[C@]1(C(=O)NCCc2ccc(OC)cc2)COC(c2ccc(OCCCO)cc2)=N1. The molecular formula is C25H30N2O5. The van der Waals surface area contributed by atoms with Crippen molar-refractivity contribution in [1.29, 1.82) is 0 Å². The fourth-order valence-electron chi connectivity index (χ4n) is 3.37. The van der Waals surface area contributed by atoms with E-state index in [1.165, 1.54) is 0 Å². The lowest BCUT2D eigenvalue weighted by atomic mass is 9.96. The minimum Gasteiger partial charge on any atom is -0.497 e. The van der Waals surface area contributed by atoms with Crippen LogP contribution in [0.1, 0.15) is 24.0 Å². The molecule has 7 nitrogen and oxygen atoms in total. The molecule has 2 aromatic rings. The van der Waals surface area contributed by atoms with Crippen molar-refractivity contribution in [2.75, 3.05) is 33.5 Å². The smallest absolute Gasteiger partial charge is 0.251 e. The first kappa shape index (κ1) is 23.3. The topological polar surface area (TPSA) is 89.4 Å². The average molecular weight is 439 g/mol. The summed E-state index contributed by atoms with van der Waals surface area (Å²) in [6.07, 6.45) is 3.36. The first-order valence-electron chi connectivity index (χ1n) is 10.7. The Hall–Kier alpha value is -3.32. The van der Waals surface area contributed by atoms with Crippen LogP contribution in [-0.4, -0.2) is 55.9 Å². The number of aliphatic hydroxyl groups is 1. The number of methoxy groups -OCH3 is 1. The Kier molecular flexibility index (Phi) is 8.27. The van der Waals surface area contributed by atoms with Gasteiger partial charge in [0.2, 0.25) is 5.90 Å². The fourth-order valence-corrected chi connectivity index (χ4v) is 3.37. The average Bonchev–Trinajstić information content (AvgIpc) is 3.26. The summed E-state index contributed by atoms with van der Waals surface area (Å²) in [5.41, 5.74) is 0.862. The summed E-state index contributed by atoms with van der Waals surface area (Å²) in [6.45, 7) is 4.99. The third-order valence-electron chi connectivity index (χ3n) is 5.20. The molecule has 1 aliphatic rings. The third kappa shape index (κ3) is 5.88. The van der Waals surface area contributed by atoms with E-state index in [1.54, 1.807) is 13.2 Å². The molecule has 0 spiro atoms. The van der Waals surface area contributed by atoms with Crippen LogP contribution in [0.3, 0.4) is 0 Å². The molecule has 0 unspecified atom stereocenters. The van der Waals surface area contributed by atoms with E-state index in [0.29, 0.717) is 44.1 Å². The number of aliphatic imine (C=N–C) groups is 1. The van der Waals surface area contributed by atoms with Gasteiger partial charge in [-0.15, -0.1) is 6.58 Å². The van der Waals surface area contributed by atoms with Crippen LogP contribution in [0.2, 0.25) is 0 Å². The van der Waals surface area contributed by atoms with Gasteiger partial charge in [0.25, 0.3) is 5.91 Å². The highest BCUT2D eigenvalue weighted by molar-refractivity contribution is 6.00. The van der Waals surface area contributed by atoms with Crippen molar-refractivity contribution in [2.24, 2.45) is 4.99 Å². The molecule has 7 heteroatoms. The van der Waals surface area contributed by atoms with Gasteiger partial charge in [-0.3, -0.25) is 4.79 Å². The number of ether oxygens (including phenoxy) is 3. The minimum absolute atomic E-state index is 0.0935. The Labute approximate surface area is 188 Å². The zero-order valence-electron chi connectivity index (χ0n) is 18.4. The van der Waals surface area contributed by atoms with Gasteiger partial charge in [0.15, 0.2) is 5.54 Å². The molecule has 32 heavy (non-hydrogen) atoms. The molecule has 2 aromatic carbocycles. The Bertz CT molecular complexity index is 924. The van der Waals surface area contributed by atoms with E-state index < -0.39 is 5.54 Å². The van der Waals surface area contributed by atoms with E-state index in [1.807, 2.05) is 48.5 Å². The number of carbonyl (C=O) groups is 1. The second kappa shape index (κ2) is 11.3. The Morgan fingerprint density at radius 2 is 1.94 bits per heavy atom. The number of carbonyl (C=O) groups excluding carboxylic acids is 1. The first-order valence-corrected chi connectivity index (χ1v) is 10.7. The highest BCUT2D eigenvalue weighted by Gasteiger charge is 2.43. The molecule has 1 heterocycles. The minimum atomic E-state index is -1.02. The van der Waals surface area contributed by atoms with E-state index in [0.717, 1.165) is 16.9 Å². The second-order valence-corrected chi connectivity index (χ2v) is 7.53. The van der Waals surface area contributed by atoms with Gasteiger partial charge in [0.1, 0.15) is 18.1 Å². The summed E-state index contributed by atoms with van der Waals surface area (Å²) in [5.74, 6) is 1.76. The molecule has 0 aromatic heterocycles. The lowest BCUT2D eigenvalue weighted by Gasteiger charge is -2.21. The summed E-state index contributed by atoms with van der Waals surface area (Å²) in [4.78, 5) is 17.7. The molecule has 170 valence electrons. The van der Waals surface area contributed by atoms with Gasteiger partial charge in [0, 0.05) is 31.6 Å². The molecule has 2 N–H and O–H groups in total. The maximum atomic E-state index is 13.0. The molecular weight excluding hydrogens is 408 g/mol. The van der Waals surface area contributed by atoms with E-state index >= 15 is 0 Å². The van der Waals surface area contributed by atoms with Gasteiger partial charge in [-0.1, -0.05) is 18.2 Å². The van der Waals surface area contributed by atoms with Crippen molar-refractivity contribution in [3.05, 3.63) is 72.3 Å². The van der Waals surface area contributed by atoms with E-state index in [2.05, 4.69) is 16.9 Å². The van der Waals surface area contributed by atoms with Crippen LogP contribution in [0.5, 0.6) is 11.5 Å². The van der Waals surface area contributed by atoms with E-state index in [-0.39, 0.29) is 19.1 Å². The molecule has 0 radical (unpaired) electrons. The largest absolute Gasteiger partial charge is 0.497 e. The van der Waals surface area contributed by atoms with Gasteiger partial charge >= 0.3 is 0 Å². The molecule has 3 rings (SSSR count). The number of hydrogen-bond donors (Lipinski definition) is 2. The van der Waals surface area contributed by atoms with E-state index in [9.17, 15) is 4.79 Å². The Morgan fingerprint density at radius 3 is 2.59 bits per heavy atom. The maximum absolute atomic E-state index is 13.0. The zero-order valence-corrected chi connectivity index (χ0v) is 18.4. The van der Waals surface area contributed by atoms with Crippen molar-refractivity contribution in [2.45, 2.75) is 24.8 Å². The molecule has 1 aliphatic heterocycles. The number of aliphatic hydroxyl groups excluding tert-OH is 1. The lowest BCUT2D eigenvalue weighted by Crippen LogP contribution is -2.47. The predicted octanol–water partition coefficient (Wildman–Crippen LogP) is 2.91. The standard InChI is InChI=1S/C25H30N2O5/c1-3-14-25(24(29)26-15-13-19-5-9-21(30-2)10-6-19)18-32-23(27-25)20-7-11-22(12-8-20)31-17-4-16-28/h3,5-12,28H,1,4,13-18H2,2H3,(H,26,29)/t25-/m1/s1. The summed E-state index contributed by atoms with van der Waals surface area (Å²) in [7, 11) is 1.63. The van der Waals surface area contributed by atoms with Crippen molar-refractivity contribution in [3.8, 4) is 11.5 Å². The summed E-state index contributed by atoms with van der Waals surface area (Å²) >= 11 is 0. The van der Waals surface area contributed by atoms with Crippen LogP contribution in [0.4, 0.5) is 0 Å². The van der Waals surface area contributed by atoms with Crippen LogP contribution in [0, 0.1) is 0 Å². The van der Waals surface area contributed by atoms with Gasteiger partial charge in [-0.2, -0.15) is 0 Å². The lowest BCUT2D eigenvalue weighted by molar-refractivity contribution is -0.126. The van der Waals surface area contributed by atoms with Crippen molar-refractivity contribution in [3.63, 3.8) is 0 Å². The number of rotatable bonds is 12.